The number of halogens is 6. The molecular weight excluding hydrogens is 416 g/mol. The topological polar surface area (TPSA) is 49.2 Å². The largest absolute Gasteiger partial charge is 0.573 e. The summed E-state index contributed by atoms with van der Waals surface area (Å²) >= 11 is 0. The standard InChI is InChI=1S/C19H15F6N3O2/c1-12(28-11-10-26-27-28)17(13-2-6-15(7-3-13)29-18(20,21)22)14-4-8-16(9-5-14)30-19(23,24)25/h2-12,17H,1H3. The molecular formula is C19H15F6N3O2. The molecule has 0 radical (unpaired) electrons. The molecule has 160 valence electrons. The van der Waals surface area contributed by atoms with Gasteiger partial charge in [-0.1, -0.05) is 29.5 Å². The summed E-state index contributed by atoms with van der Waals surface area (Å²) in [4.78, 5) is 0. The Kier molecular flexibility index (Phi) is 5.90. The quantitative estimate of drug-likeness (QED) is 0.486. The molecule has 0 saturated carbocycles. The zero-order valence-electron chi connectivity index (χ0n) is 15.4. The van der Waals surface area contributed by atoms with E-state index in [0.717, 1.165) is 0 Å². The number of benzene rings is 2. The van der Waals surface area contributed by atoms with Crippen molar-refractivity contribution in [3.63, 3.8) is 0 Å². The van der Waals surface area contributed by atoms with Gasteiger partial charge in [0.05, 0.1) is 12.2 Å². The van der Waals surface area contributed by atoms with Crippen LogP contribution in [0.4, 0.5) is 26.3 Å². The summed E-state index contributed by atoms with van der Waals surface area (Å²) in [6.45, 7) is 1.81. The molecule has 5 nitrogen and oxygen atoms in total. The molecule has 1 aromatic heterocycles. The number of nitrogens with zero attached hydrogens (tertiary/aromatic N) is 3. The molecule has 0 amide bonds. The van der Waals surface area contributed by atoms with Crippen molar-refractivity contribution in [2.75, 3.05) is 0 Å². The monoisotopic (exact) mass is 431 g/mol. The molecule has 0 fully saturated rings. The minimum absolute atomic E-state index is 0.351. The van der Waals surface area contributed by atoms with Crippen molar-refractivity contribution in [1.29, 1.82) is 0 Å². The maximum absolute atomic E-state index is 12.4. The zero-order valence-corrected chi connectivity index (χ0v) is 15.4. The SMILES string of the molecule is CC(C(c1ccc(OC(F)(F)F)cc1)c1ccc(OC(F)(F)F)cc1)n1ccnn1. The molecule has 0 spiro atoms. The molecule has 0 bridgehead atoms. The van der Waals surface area contributed by atoms with E-state index in [1.54, 1.807) is 17.8 Å². The van der Waals surface area contributed by atoms with Gasteiger partial charge >= 0.3 is 12.7 Å². The zero-order chi connectivity index (χ0) is 21.9. The Balaban J connectivity index is 1.93. The second kappa shape index (κ2) is 8.25. The van der Waals surface area contributed by atoms with Gasteiger partial charge in [-0.2, -0.15) is 0 Å². The van der Waals surface area contributed by atoms with E-state index in [9.17, 15) is 26.3 Å². The molecule has 30 heavy (non-hydrogen) atoms. The number of alkyl halides is 6. The fraction of sp³-hybridized carbons (Fsp3) is 0.263. The van der Waals surface area contributed by atoms with Crippen LogP contribution in [0.1, 0.15) is 30.0 Å². The lowest BCUT2D eigenvalue weighted by molar-refractivity contribution is -0.275. The van der Waals surface area contributed by atoms with Crippen LogP contribution in [0.5, 0.6) is 11.5 Å². The highest BCUT2D eigenvalue weighted by molar-refractivity contribution is 5.39. The molecule has 0 aliphatic heterocycles. The second-order valence-electron chi connectivity index (χ2n) is 6.34. The Hall–Kier alpha value is -3.24. The average Bonchev–Trinajstić information content (AvgIpc) is 3.17. The Morgan fingerprint density at radius 1 is 0.767 bits per heavy atom. The summed E-state index contributed by atoms with van der Waals surface area (Å²) in [5.74, 6) is -1.22. The molecule has 0 aliphatic rings. The summed E-state index contributed by atoms with van der Waals surface area (Å²) < 4.78 is 83.7. The highest BCUT2D eigenvalue weighted by Crippen LogP contribution is 2.37. The number of hydrogen-bond acceptors (Lipinski definition) is 4. The van der Waals surface area contributed by atoms with Gasteiger partial charge in [-0.15, -0.1) is 31.4 Å². The molecule has 1 atom stereocenters. The Morgan fingerprint density at radius 2 is 1.20 bits per heavy atom. The fourth-order valence-electron chi connectivity index (χ4n) is 3.09. The Labute approximate surface area is 166 Å². The van der Waals surface area contributed by atoms with Gasteiger partial charge in [0.15, 0.2) is 0 Å². The van der Waals surface area contributed by atoms with E-state index in [0.29, 0.717) is 11.1 Å². The van der Waals surface area contributed by atoms with Crippen molar-refractivity contribution in [3.05, 3.63) is 72.1 Å². The summed E-state index contributed by atoms with van der Waals surface area (Å²) in [7, 11) is 0. The first-order valence-electron chi connectivity index (χ1n) is 8.59. The second-order valence-corrected chi connectivity index (χ2v) is 6.34. The molecule has 1 heterocycles. The Bertz CT molecular complexity index is 879. The summed E-state index contributed by atoms with van der Waals surface area (Å²) in [5, 5.41) is 7.68. The van der Waals surface area contributed by atoms with Crippen LogP contribution in [-0.4, -0.2) is 27.7 Å². The molecule has 0 saturated heterocycles. The molecule has 3 rings (SSSR count). The highest BCUT2D eigenvalue weighted by atomic mass is 19.4. The normalized spacial score (nSPS) is 13.3. The lowest BCUT2D eigenvalue weighted by atomic mass is 9.85. The highest BCUT2D eigenvalue weighted by Gasteiger charge is 2.32. The van der Waals surface area contributed by atoms with Crippen LogP contribution in [0.3, 0.4) is 0 Å². The maximum Gasteiger partial charge on any atom is 0.573 e. The third-order valence-corrected chi connectivity index (χ3v) is 4.29. The fourth-order valence-corrected chi connectivity index (χ4v) is 3.09. The predicted octanol–water partition coefficient (Wildman–Crippen LogP) is 5.47. The van der Waals surface area contributed by atoms with Crippen molar-refractivity contribution in [1.82, 2.24) is 15.0 Å². The van der Waals surface area contributed by atoms with Crippen molar-refractivity contribution >= 4 is 0 Å². The number of hydrogen-bond donors (Lipinski definition) is 0. The summed E-state index contributed by atoms with van der Waals surface area (Å²) in [6.07, 6.45) is -6.56. The van der Waals surface area contributed by atoms with Gasteiger partial charge in [-0.05, 0) is 42.3 Å². The molecule has 2 aromatic carbocycles. The van der Waals surface area contributed by atoms with Gasteiger partial charge in [0.2, 0.25) is 0 Å². The smallest absolute Gasteiger partial charge is 0.406 e. The van der Waals surface area contributed by atoms with Crippen molar-refractivity contribution in [2.45, 2.75) is 31.6 Å². The van der Waals surface area contributed by atoms with E-state index in [1.165, 1.54) is 54.7 Å². The van der Waals surface area contributed by atoms with Crippen molar-refractivity contribution in [3.8, 4) is 11.5 Å². The molecule has 0 aliphatic carbocycles. The van der Waals surface area contributed by atoms with Crippen LogP contribution in [0.2, 0.25) is 0 Å². The minimum atomic E-state index is -4.82. The Morgan fingerprint density at radius 3 is 1.53 bits per heavy atom. The predicted molar refractivity (Wildman–Crippen MR) is 92.8 cm³/mol. The van der Waals surface area contributed by atoms with E-state index >= 15 is 0 Å². The van der Waals surface area contributed by atoms with Crippen molar-refractivity contribution in [2.24, 2.45) is 0 Å². The third-order valence-electron chi connectivity index (χ3n) is 4.29. The van der Waals surface area contributed by atoms with Crippen LogP contribution < -0.4 is 9.47 Å². The van der Waals surface area contributed by atoms with Gasteiger partial charge in [-0.25, -0.2) is 4.68 Å². The lowest BCUT2D eigenvalue weighted by Crippen LogP contribution is -2.19. The van der Waals surface area contributed by atoms with Crippen LogP contribution in [-0.2, 0) is 0 Å². The van der Waals surface area contributed by atoms with E-state index in [-0.39, 0.29) is 17.5 Å². The van der Waals surface area contributed by atoms with E-state index in [2.05, 4.69) is 19.8 Å². The van der Waals surface area contributed by atoms with Gasteiger partial charge in [0.25, 0.3) is 0 Å². The third kappa shape index (κ3) is 5.65. The minimum Gasteiger partial charge on any atom is -0.406 e. The van der Waals surface area contributed by atoms with E-state index < -0.39 is 18.6 Å². The van der Waals surface area contributed by atoms with Crippen LogP contribution in [0.15, 0.2) is 60.9 Å². The average molecular weight is 431 g/mol. The van der Waals surface area contributed by atoms with Crippen LogP contribution >= 0.6 is 0 Å². The lowest BCUT2D eigenvalue weighted by Gasteiger charge is -2.25. The van der Waals surface area contributed by atoms with Gasteiger partial charge in [0.1, 0.15) is 11.5 Å². The molecule has 11 heteroatoms. The summed E-state index contributed by atoms with van der Waals surface area (Å²) in [5.41, 5.74) is 1.22. The summed E-state index contributed by atoms with van der Waals surface area (Å²) in [6, 6.07) is 10.2. The number of rotatable bonds is 6. The van der Waals surface area contributed by atoms with Crippen LogP contribution in [0, 0.1) is 0 Å². The first kappa shape index (κ1) is 21.5. The van der Waals surface area contributed by atoms with E-state index in [4.69, 9.17) is 0 Å². The molecule has 0 N–H and O–H groups in total. The first-order chi connectivity index (χ1) is 14.0. The first-order valence-corrected chi connectivity index (χ1v) is 8.59. The maximum atomic E-state index is 12.4. The van der Waals surface area contributed by atoms with Gasteiger partial charge in [0, 0.05) is 12.1 Å². The number of aromatic nitrogens is 3. The molecule has 1 unspecified atom stereocenters. The van der Waals surface area contributed by atoms with Gasteiger partial charge < -0.3 is 9.47 Å². The van der Waals surface area contributed by atoms with Crippen molar-refractivity contribution < 1.29 is 35.8 Å². The number of ether oxygens (including phenoxy) is 2. The van der Waals surface area contributed by atoms with Gasteiger partial charge in [-0.3, -0.25) is 0 Å². The van der Waals surface area contributed by atoms with E-state index in [1.807, 2.05) is 0 Å². The molecule has 3 aromatic rings. The van der Waals surface area contributed by atoms with Crippen LogP contribution in [0.25, 0.3) is 0 Å².